The van der Waals surface area contributed by atoms with Crippen LogP contribution < -0.4 is 57.7 Å². The van der Waals surface area contributed by atoms with Crippen LogP contribution in [0.3, 0.4) is 0 Å². The van der Waals surface area contributed by atoms with E-state index in [4.69, 9.17) is 23.3 Å². The van der Waals surface area contributed by atoms with Crippen LogP contribution in [0.4, 0.5) is 0 Å². The van der Waals surface area contributed by atoms with Crippen LogP contribution in [0.2, 0.25) is 0 Å². The summed E-state index contributed by atoms with van der Waals surface area (Å²) in [6.07, 6.45) is 0.151. The molecule has 1 unspecified atom stereocenters. The first-order valence-corrected chi connectivity index (χ1v) is 15.5. The molecule has 0 N–H and O–H groups in total. The van der Waals surface area contributed by atoms with Crippen LogP contribution in [0.5, 0.6) is 28.7 Å². The molecule has 0 bridgehead atoms. The maximum Gasteiger partial charge on any atom is 1.00 e. The third kappa shape index (κ3) is 11.8. The number of carbonyl (C=O) groups excluding carboxylic acids is 4. The number of phosphoric acid groups is 1. The van der Waals surface area contributed by atoms with Gasteiger partial charge in [0.05, 0.1) is 0 Å². The smallest absolute Gasteiger partial charge is 0.736 e. The molecule has 0 radical (unpaired) electrons. The van der Waals surface area contributed by atoms with E-state index in [-0.39, 0.29) is 96.0 Å². The van der Waals surface area contributed by atoms with Crippen molar-refractivity contribution in [1.29, 1.82) is 0 Å². The van der Waals surface area contributed by atoms with Crippen molar-refractivity contribution >= 4 is 31.5 Å². The number of carbonyl (C=O) groups is 4. The molecule has 0 spiro atoms. The van der Waals surface area contributed by atoms with Gasteiger partial charge in [-0.25, -0.2) is 4.57 Å². The number of aryl methyl sites for hydroxylation is 3. The van der Waals surface area contributed by atoms with Gasteiger partial charge >= 0.3 is 55.3 Å². The Balaban J connectivity index is 0.00000705. The minimum atomic E-state index is -4.74. The van der Waals surface area contributed by atoms with Crippen LogP contribution in [-0.2, 0) is 25.4 Å². The Labute approximate surface area is 284 Å². The molecule has 0 aromatic heterocycles. The van der Waals surface area contributed by atoms with Gasteiger partial charge in [0.25, 0.3) is 0 Å². The first kappa shape index (κ1) is 37.7. The number of phosphoric ester groups is 1. The van der Waals surface area contributed by atoms with Gasteiger partial charge in [-0.2, -0.15) is 0 Å². The van der Waals surface area contributed by atoms with Crippen molar-refractivity contribution in [3.8, 4) is 28.7 Å². The van der Waals surface area contributed by atoms with Crippen molar-refractivity contribution in [2.75, 3.05) is 0 Å². The number of ketones is 1. The summed E-state index contributed by atoms with van der Waals surface area (Å²) in [5.74, 6) is -2.72. The quantitative estimate of drug-likeness (QED) is 0.0833. The molecule has 1 atom stereocenters. The van der Waals surface area contributed by atoms with Gasteiger partial charge < -0.3 is 28.2 Å². The van der Waals surface area contributed by atoms with Crippen molar-refractivity contribution in [3.05, 3.63) is 76.9 Å². The summed E-state index contributed by atoms with van der Waals surface area (Å²) in [7, 11) is -4.74. The first-order chi connectivity index (χ1) is 20.8. The normalized spacial score (nSPS) is 11.8. The van der Waals surface area contributed by atoms with Gasteiger partial charge in [0.2, 0.25) is 0 Å². The second-order valence-corrected chi connectivity index (χ2v) is 11.1. The largest absolute Gasteiger partial charge is 1.00 e. The summed E-state index contributed by atoms with van der Waals surface area (Å²) >= 11 is 0. The van der Waals surface area contributed by atoms with Crippen molar-refractivity contribution in [3.63, 3.8) is 0 Å². The predicted octanol–water partition coefficient (Wildman–Crippen LogP) is 3.00. The molecule has 0 saturated heterocycles. The number of esters is 3. The second kappa shape index (κ2) is 17.3. The van der Waals surface area contributed by atoms with Gasteiger partial charge in [0.15, 0.2) is 5.78 Å². The van der Waals surface area contributed by atoms with E-state index in [1.165, 1.54) is 24.3 Å². The minimum Gasteiger partial charge on any atom is -0.736 e. The summed E-state index contributed by atoms with van der Waals surface area (Å²) in [6.45, 7) is 8.36. The zero-order chi connectivity index (χ0) is 32.4. The van der Waals surface area contributed by atoms with Crippen LogP contribution in [0, 0.1) is 13.8 Å². The number of ether oxygens (including phenoxy) is 3. The Morgan fingerprint density at radius 3 is 1.62 bits per heavy atom. The van der Waals surface area contributed by atoms with Gasteiger partial charge in [-0.1, -0.05) is 39.0 Å². The van der Waals surface area contributed by atoms with Gasteiger partial charge in [-0.05, 0) is 61.2 Å². The van der Waals surface area contributed by atoms with Crippen molar-refractivity contribution in [2.24, 2.45) is 0 Å². The fraction of sp³-hybridized carbons (Fsp3) is 0.312. The van der Waals surface area contributed by atoms with E-state index >= 15 is 0 Å². The van der Waals surface area contributed by atoms with Crippen LogP contribution in [0.25, 0.3) is 0 Å². The summed E-state index contributed by atoms with van der Waals surface area (Å²) < 4.78 is 38.6. The fourth-order valence-electron chi connectivity index (χ4n) is 4.02. The molecule has 3 aromatic rings. The second-order valence-electron chi connectivity index (χ2n) is 9.80. The van der Waals surface area contributed by atoms with Gasteiger partial charge in [-0.15, -0.1) is 0 Å². The van der Waals surface area contributed by atoms with E-state index in [1.807, 2.05) is 19.9 Å². The fourth-order valence-corrected chi connectivity index (χ4v) is 4.80. The summed E-state index contributed by atoms with van der Waals surface area (Å²) in [4.78, 5) is 62.1. The Bertz CT molecular complexity index is 1530. The standard InChI is InChI=1S/C32H35O11P.Na/c1-6-29(34)39-24-18-27(40-30(35)7-2)32(28(19-24)41-31(36)8-3)26(33)14-11-22-9-12-23(13-10-22)42-44(37,38)43-25-16-20(4)15-21(5)17-25;/h9-10,12-13,15-19H,6-8,11,14H2,1-5H3,(H,37,38);/q;+1/p-1. The van der Waals surface area contributed by atoms with Crippen LogP contribution >= 0.6 is 7.82 Å². The summed E-state index contributed by atoms with van der Waals surface area (Å²) in [5.41, 5.74) is 2.18. The average molecular weight is 649 g/mol. The molecule has 0 amide bonds. The predicted molar refractivity (Wildman–Crippen MR) is 158 cm³/mol. The average Bonchev–Trinajstić information content (AvgIpc) is 2.95. The van der Waals surface area contributed by atoms with E-state index in [9.17, 15) is 28.6 Å². The molecule has 0 fully saturated rings. The molecule has 45 heavy (non-hydrogen) atoms. The zero-order valence-corrected chi connectivity index (χ0v) is 29.1. The van der Waals surface area contributed by atoms with E-state index in [0.29, 0.717) is 5.56 Å². The molecule has 234 valence electrons. The van der Waals surface area contributed by atoms with Gasteiger partial charge in [0.1, 0.15) is 34.3 Å². The number of benzene rings is 3. The van der Waals surface area contributed by atoms with Crippen LogP contribution in [-0.4, -0.2) is 23.7 Å². The summed E-state index contributed by atoms with van der Waals surface area (Å²) in [5, 5.41) is 0. The monoisotopic (exact) mass is 648 g/mol. The number of hydrogen-bond acceptors (Lipinski definition) is 11. The molecule has 0 aliphatic carbocycles. The van der Waals surface area contributed by atoms with Crippen LogP contribution in [0.1, 0.15) is 73.5 Å². The van der Waals surface area contributed by atoms with E-state index in [2.05, 4.69) is 0 Å². The topological polar surface area (TPSA) is 155 Å². The van der Waals surface area contributed by atoms with Gasteiger partial charge in [-0.3, -0.25) is 19.2 Å². The maximum atomic E-state index is 13.5. The maximum absolute atomic E-state index is 13.5. The molecule has 0 heterocycles. The van der Waals surface area contributed by atoms with Crippen LogP contribution in [0.15, 0.2) is 54.6 Å². The molecule has 11 nitrogen and oxygen atoms in total. The number of rotatable bonds is 14. The number of Topliss-reactive ketones (excluding diaryl/α,β-unsaturated/α-hetero) is 1. The number of hydrogen-bond donors (Lipinski definition) is 0. The van der Waals surface area contributed by atoms with Gasteiger partial charge in [0, 0.05) is 37.8 Å². The third-order valence-corrected chi connectivity index (χ3v) is 6.93. The minimum absolute atomic E-state index is 0. The third-order valence-electron chi connectivity index (χ3n) is 6.06. The molecule has 0 aliphatic rings. The Morgan fingerprint density at radius 2 is 1.13 bits per heavy atom. The molecule has 0 saturated carbocycles. The molecule has 0 aliphatic heterocycles. The van der Waals surface area contributed by atoms with Crippen molar-refractivity contribution in [1.82, 2.24) is 0 Å². The zero-order valence-electron chi connectivity index (χ0n) is 26.2. The van der Waals surface area contributed by atoms with E-state index in [1.54, 1.807) is 45.0 Å². The molecular weight excluding hydrogens is 614 g/mol. The Morgan fingerprint density at radius 1 is 0.667 bits per heavy atom. The molecular formula is C32H34NaO11P. The Hall–Kier alpha value is -3.47. The first-order valence-electron chi connectivity index (χ1n) is 14.0. The van der Waals surface area contributed by atoms with Crippen molar-refractivity contribution in [2.45, 2.75) is 66.7 Å². The van der Waals surface area contributed by atoms with E-state index < -0.39 is 31.5 Å². The summed E-state index contributed by atoms with van der Waals surface area (Å²) in [6, 6.07) is 13.5. The molecule has 13 heteroatoms. The molecule has 3 aromatic carbocycles. The van der Waals surface area contributed by atoms with Crippen molar-refractivity contribution < 1.29 is 81.5 Å². The van der Waals surface area contributed by atoms with E-state index in [0.717, 1.165) is 11.1 Å². The Kier molecular flexibility index (Phi) is 14.5. The SMILES string of the molecule is CCC(=O)Oc1cc(OC(=O)CC)c(C(=O)CCc2ccc(OP(=O)([O-])Oc3cc(C)cc(C)c3)cc2)c(OC(=O)CC)c1.[Na+]. The molecule has 3 rings (SSSR count).